The predicted molar refractivity (Wildman–Crippen MR) is 62.1 cm³/mol. The molecule has 0 saturated carbocycles. The topological polar surface area (TPSA) is 88.5 Å². The normalized spacial score (nSPS) is 28.1. The number of benzene rings is 1. The van der Waals surface area contributed by atoms with Gasteiger partial charge in [0.25, 0.3) is 0 Å². The Bertz CT molecular complexity index is 603. The maximum absolute atomic E-state index is 12.1. The number of sulfone groups is 2. The molecule has 0 aromatic heterocycles. The molecule has 1 aliphatic heterocycles. The van der Waals surface area contributed by atoms with E-state index < -0.39 is 42.5 Å². The van der Waals surface area contributed by atoms with E-state index in [4.69, 9.17) is 0 Å². The van der Waals surface area contributed by atoms with Crippen LogP contribution >= 0.6 is 0 Å². The number of hydrogen-bond donors (Lipinski definition) is 1. The molecule has 2 unspecified atom stereocenters. The predicted octanol–water partition coefficient (Wildman–Crippen LogP) is -0.382. The summed E-state index contributed by atoms with van der Waals surface area (Å²) < 4.78 is 46.8. The molecule has 17 heavy (non-hydrogen) atoms. The van der Waals surface area contributed by atoms with Gasteiger partial charge in [-0.2, -0.15) is 0 Å². The van der Waals surface area contributed by atoms with Gasteiger partial charge >= 0.3 is 0 Å². The molecule has 5 nitrogen and oxygen atoms in total. The Morgan fingerprint density at radius 3 is 2.18 bits per heavy atom. The van der Waals surface area contributed by atoms with Gasteiger partial charge in [-0.15, -0.1) is 0 Å². The first kappa shape index (κ1) is 12.5. The first-order valence-electron chi connectivity index (χ1n) is 5.00. The second kappa shape index (κ2) is 4.08. The molecule has 1 heterocycles. The molecule has 1 fully saturated rings. The summed E-state index contributed by atoms with van der Waals surface area (Å²) in [6, 6.07) is 7.58. The fraction of sp³-hybridized carbons (Fsp3) is 0.400. The highest BCUT2D eigenvalue weighted by atomic mass is 32.2. The van der Waals surface area contributed by atoms with Gasteiger partial charge in [0.15, 0.2) is 19.7 Å². The molecular formula is C10H12O5S2. The van der Waals surface area contributed by atoms with E-state index in [-0.39, 0.29) is 4.90 Å². The fourth-order valence-corrected chi connectivity index (χ4v) is 6.35. The summed E-state index contributed by atoms with van der Waals surface area (Å²) in [7, 11) is -7.25. The molecular weight excluding hydrogens is 264 g/mol. The van der Waals surface area contributed by atoms with E-state index in [2.05, 4.69) is 0 Å². The molecule has 0 amide bonds. The average molecular weight is 276 g/mol. The van der Waals surface area contributed by atoms with Gasteiger partial charge in [-0.3, -0.25) is 0 Å². The van der Waals surface area contributed by atoms with Crippen LogP contribution in [0.2, 0.25) is 0 Å². The van der Waals surface area contributed by atoms with Gasteiger partial charge in [0.1, 0.15) is 5.25 Å². The van der Waals surface area contributed by atoms with Crippen molar-refractivity contribution in [3.8, 4) is 0 Å². The fourth-order valence-electron chi connectivity index (χ4n) is 1.88. The van der Waals surface area contributed by atoms with Gasteiger partial charge < -0.3 is 5.11 Å². The van der Waals surface area contributed by atoms with Crippen LogP contribution in [0.25, 0.3) is 0 Å². The van der Waals surface area contributed by atoms with Crippen LogP contribution in [0.1, 0.15) is 0 Å². The lowest BCUT2D eigenvalue weighted by atomic mass is 10.3. The Kier molecular flexibility index (Phi) is 3.01. The average Bonchev–Trinajstić information content (AvgIpc) is 2.54. The molecule has 94 valence electrons. The van der Waals surface area contributed by atoms with Crippen LogP contribution < -0.4 is 0 Å². The summed E-state index contributed by atoms with van der Waals surface area (Å²) in [5.74, 6) is -0.991. The molecule has 0 bridgehead atoms. The minimum absolute atomic E-state index is 0.0427. The standard InChI is InChI=1S/C10H12O5S2/c11-9-6-16(12,13)7-10(9)17(14,15)8-4-2-1-3-5-8/h1-5,9-11H,6-7H2. The number of aliphatic hydroxyl groups excluding tert-OH is 1. The van der Waals surface area contributed by atoms with Gasteiger partial charge in [0, 0.05) is 0 Å². The summed E-state index contributed by atoms with van der Waals surface area (Å²) in [4.78, 5) is 0.0427. The van der Waals surface area contributed by atoms with Crippen LogP contribution in [-0.2, 0) is 19.7 Å². The molecule has 2 atom stereocenters. The van der Waals surface area contributed by atoms with Crippen molar-refractivity contribution in [1.82, 2.24) is 0 Å². The molecule has 1 N–H and O–H groups in total. The van der Waals surface area contributed by atoms with Crippen molar-refractivity contribution in [2.45, 2.75) is 16.2 Å². The zero-order valence-electron chi connectivity index (χ0n) is 8.85. The second-order valence-corrected chi connectivity index (χ2v) is 8.36. The van der Waals surface area contributed by atoms with E-state index in [1.165, 1.54) is 12.1 Å². The van der Waals surface area contributed by atoms with Crippen molar-refractivity contribution in [3.05, 3.63) is 30.3 Å². The van der Waals surface area contributed by atoms with E-state index in [1.807, 2.05) is 0 Å². The molecule has 7 heteroatoms. The van der Waals surface area contributed by atoms with Crippen molar-refractivity contribution in [1.29, 1.82) is 0 Å². The van der Waals surface area contributed by atoms with Crippen molar-refractivity contribution in [3.63, 3.8) is 0 Å². The lowest BCUT2D eigenvalue weighted by Gasteiger charge is -2.13. The summed E-state index contributed by atoms with van der Waals surface area (Å²) in [5.41, 5.74) is 0. The Morgan fingerprint density at radius 1 is 1.12 bits per heavy atom. The Balaban J connectivity index is 2.42. The highest BCUT2D eigenvalue weighted by Crippen LogP contribution is 2.25. The highest BCUT2D eigenvalue weighted by Gasteiger charge is 2.44. The van der Waals surface area contributed by atoms with Crippen molar-refractivity contribution >= 4 is 19.7 Å². The molecule has 0 spiro atoms. The van der Waals surface area contributed by atoms with Gasteiger partial charge in [-0.25, -0.2) is 16.8 Å². The van der Waals surface area contributed by atoms with Crippen molar-refractivity contribution in [2.24, 2.45) is 0 Å². The van der Waals surface area contributed by atoms with Crippen molar-refractivity contribution in [2.75, 3.05) is 11.5 Å². The smallest absolute Gasteiger partial charge is 0.184 e. The van der Waals surface area contributed by atoms with Crippen LogP contribution in [0.5, 0.6) is 0 Å². The first-order chi connectivity index (χ1) is 7.83. The zero-order chi connectivity index (χ0) is 12.7. The van der Waals surface area contributed by atoms with Crippen LogP contribution in [0.4, 0.5) is 0 Å². The Morgan fingerprint density at radius 2 is 1.71 bits per heavy atom. The zero-order valence-corrected chi connectivity index (χ0v) is 10.5. The van der Waals surface area contributed by atoms with E-state index in [1.54, 1.807) is 18.2 Å². The lowest BCUT2D eigenvalue weighted by Crippen LogP contribution is -2.32. The molecule has 1 aromatic carbocycles. The van der Waals surface area contributed by atoms with Gasteiger partial charge in [-0.1, -0.05) is 18.2 Å². The first-order valence-corrected chi connectivity index (χ1v) is 8.37. The third-order valence-corrected chi connectivity index (χ3v) is 6.88. The van der Waals surface area contributed by atoms with Gasteiger partial charge in [0.2, 0.25) is 0 Å². The van der Waals surface area contributed by atoms with Gasteiger partial charge in [0.05, 0.1) is 22.5 Å². The van der Waals surface area contributed by atoms with E-state index in [0.717, 1.165) is 0 Å². The number of aliphatic hydroxyl groups is 1. The SMILES string of the molecule is O=S1(=O)CC(O)C(S(=O)(=O)c2ccccc2)C1. The molecule has 1 aliphatic rings. The van der Waals surface area contributed by atoms with Crippen LogP contribution in [-0.4, -0.2) is 44.8 Å². The number of hydrogen-bond acceptors (Lipinski definition) is 5. The minimum atomic E-state index is -3.79. The largest absolute Gasteiger partial charge is 0.391 e. The molecule has 1 aromatic rings. The van der Waals surface area contributed by atoms with E-state index >= 15 is 0 Å². The second-order valence-electron chi connectivity index (χ2n) is 4.04. The van der Waals surface area contributed by atoms with Crippen LogP contribution in [0.15, 0.2) is 35.2 Å². The third-order valence-electron chi connectivity index (χ3n) is 2.74. The summed E-state index contributed by atoms with van der Waals surface area (Å²) >= 11 is 0. The van der Waals surface area contributed by atoms with E-state index in [0.29, 0.717) is 0 Å². The minimum Gasteiger partial charge on any atom is -0.391 e. The summed E-state index contributed by atoms with van der Waals surface area (Å²) in [6.45, 7) is 0. The molecule has 0 radical (unpaired) electrons. The molecule has 1 saturated heterocycles. The Labute approximate surface area is 99.9 Å². The highest BCUT2D eigenvalue weighted by molar-refractivity contribution is 7.96. The Hall–Kier alpha value is -0.920. The number of rotatable bonds is 2. The van der Waals surface area contributed by atoms with E-state index in [9.17, 15) is 21.9 Å². The monoisotopic (exact) mass is 276 g/mol. The van der Waals surface area contributed by atoms with Gasteiger partial charge in [-0.05, 0) is 12.1 Å². The summed E-state index contributed by atoms with van der Waals surface area (Å²) in [5, 5.41) is 8.31. The summed E-state index contributed by atoms with van der Waals surface area (Å²) in [6.07, 6.45) is -1.34. The third kappa shape index (κ3) is 2.36. The molecule has 2 rings (SSSR count). The quantitative estimate of drug-likeness (QED) is 0.795. The van der Waals surface area contributed by atoms with Crippen LogP contribution in [0.3, 0.4) is 0 Å². The molecule has 0 aliphatic carbocycles. The van der Waals surface area contributed by atoms with Crippen molar-refractivity contribution < 1.29 is 21.9 Å². The lowest BCUT2D eigenvalue weighted by molar-refractivity contribution is 0.204. The maximum Gasteiger partial charge on any atom is 0.184 e. The van der Waals surface area contributed by atoms with Crippen LogP contribution in [0, 0.1) is 0 Å². The maximum atomic E-state index is 12.1.